The lowest BCUT2D eigenvalue weighted by molar-refractivity contribution is -0.139. The molecular weight excluding hydrogens is 262 g/mol. The highest BCUT2D eigenvalue weighted by atomic mass is 32.2. The average Bonchev–Trinajstić information content (AvgIpc) is 2.47. The molecule has 0 spiro atoms. The lowest BCUT2D eigenvalue weighted by atomic mass is 10.2. The summed E-state index contributed by atoms with van der Waals surface area (Å²) in [6.07, 6.45) is 1.65. The summed E-state index contributed by atoms with van der Waals surface area (Å²) in [4.78, 5) is 15.4. The molecule has 0 N–H and O–H groups in total. The molecule has 0 atom stereocenters. The highest BCUT2D eigenvalue weighted by Gasteiger charge is 2.06. The van der Waals surface area contributed by atoms with Crippen LogP contribution in [0.15, 0.2) is 41.7 Å². The van der Waals surface area contributed by atoms with Gasteiger partial charge >= 0.3 is 5.97 Å². The Balaban J connectivity index is 1.97. The lowest BCUT2D eigenvalue weighted by Crippen LogP contribution is -2.07. The first-order chi connectivity index (χ1) is 9.29. The highest BCUT2D eigenvalue weighted by Crippen LogP contribution is 2.16. The number of rotatable bonds is 5. The molecule has 0 saturated carbocycles. The molecule has 0 fully saturated rings. The zero-order chi connectivity index (χ0) is 13.5. The monoisotopic (exact) mass is 275 g/mol. The van der Waals surface area contributed by atoms with Gasteiger partial charge in [0.15, 0.2) is 0 Å². The number of hydrogen-bond acceptors (Lipinski definition) is 6. The van der Waals surface area contributed by atoms with E-state index in [9.17, 15) is 4.79 Å². The molecule has 6 heteroatoms. The summed E-state index contributed by atoms with van der Waals surface area (Å²) in [7, 11) is 0. The van der Waals surface area contributed by atoms with Crippen molar-refractivity contribution < 1.29 is 9.53 Å². The maximum absolute atomic E-state index is 11.2. The number of aromatic nitrogens is 3. The normalized spacial score (nSPS) is 10.2. The van der Waals surface area contributed by atoms with Gasteiger partial charge in [-0.15, -0.1) is 10.2 Å². The lowest BCUT2D eigenvalue weighted by Gasteiger charge is -2.01. The van der Waals surface area contributed by atoms with Gasteiger partial charge in [-0.2, -0.15) is 0 Å². The summed E-state index contributed by atoms with van der Waals surface area (Å²) in [5.74, 6) is -0.0801. The van der Waals surface area contributed by atoms with Crippen LogP contribution in [0.25, 0.3) is 11.3 Å². The average molecular weight is 275 g/mol. The first-order valence-corrected chi connectivity index (χ1v) is 6.81. The van der Waals surface area contributed by atoms with Crippen LogP contribution in [0.4, 0.5) is 0 Å². The summed E-state index contributed by atoms with van der Waals surface area (Å²) in [5.41, 5.74) is 1.67. The molecule has 2 aromatic rings. The SMILES string of the molecule is CCOC(=O)CSc1ncc(-c2ccccc2)nn1. The largest absolute Gasteiger partial charge is 0.465 e. The van der Waals surface area contributed by atoms with Gasteiger partial charge in [0, 0.05) is 5.56 Å². The van der Waals surface area contributed by atoms with Crippen molar-refractivity contribution in [3.8, 4) is 11.3 Å². The van der Waals surface area contributed by atoms with Crippen LogP contribution in [0.1, 0.15) is 6.92 Å². The standard InChI is InChI=1S/C13H13N3O2S/c1-2-18-12(17)9-19-13-14-8-11(15-16-13)10-6-4-3-5-7-10/h3-8H,2,9H2,1H3. The molecule has 2 rings (SSSR count). The Morgan fingerprint density at radius 3 is 2.68 bits per heavy atom. The number of esters is 1. The summed E-state index contributed by atoms with van der Waals surface area (Å²) < 4.78 is 4.82. The van der Waals surface area contributed by atoms with E-state index in [2.05, 4.69) is 15.2 Å². The smallest absolute Gasteiger partial charge is 0.316 e. The molecule has 0 radical (unpaired) electrons. The maximum Gasteiger partial charge on any atom is 0.316 e. The molecule has 19 heavy (non-hydrogen) atoms. The number of ether oxygens (including phenoxy) is 1. The quantitative estimate of drug-likeness (QED) is 0.615. The minimum atomic E-state index is -0.275. The van der Waals surface area contributed by atoms with Gasteiger partial charge in [0.2, 0.25) is 5.16 Å². The molecule has 1 heterocycles. The van der Waals surface area contributed by atoms with Gasteiger partial charge in [0.25, 0.3) is 0 Å². The van der Waals surface area contributed by atoms with Crippen LogP contribution >= 0.6 is 11.8 Å². The number of carbonyl (C=O) groups excluding carboxylic acids is 1. The van der Waals surface area contributed by atoms with Crippen LogP contribution in [-0.2, 0) is 9.53 Å². The minimum Gasteiger partial charge on any atom is -0.465 e. The second-order valence-corrected chi connectivity index (χ2v) is 4.53. The summed E-state index contributed by atoms with van der Waals surface area (Å²) in [5, 5.41) is 8.53. The van der Waals surface area contributed by atoms with Crippen molar-refractivity contribution in [2.45, 2.75) is 12.1 Å². The van der Waals surface area contributed by atoms with E-state index >= 15 is 0 Å². The third kappa shape index (κ3) is 4.03. The van der Waals surface area contributed by atoms with Gasteiger partial charge in [-0.3, -0.25) is 4.79 Å². The zero-order valence-corrected chi connectivity index (χ0v) is 11.3. The zero-order valence-electron chi connectivity index (χ0n) is 10.4. The molecule has 0 aliphatic rings. The topological polar surface area (TPSA) is 65.0 Å². The first kappa shape index (κ1) is 13.5. The molecule has 0 aliphatic carbocycles. The number of carbonyl (C=O) groups is 1. The van der Waals surface area contributed by atoms with Crippen LogP contribution in [0.2, 0.25) is 0 Å². The molecule has 0 amide bonds. The summed E-state index contributed by atoms with van der Waals surface area (Å²) in [6.45, 7) is 2.15. The van der Waals surface area contributed by atoms with E-state index in [0.717, 1.165) is 5.56 Å². The van der Waals surface area contributed by atoms with Crippen molar-refractivity contribution in [2.24, 2.45) is 0 Å². The van der Waals surface area contributed by atoms with E-state index in [0.29, 0.717) is 17.5 Å². The van der Waals surface area contributed by atoms with Crippen LogP contribution in [0.5, 0.6) is 0 Å². The van der Waals surface area contributed by atoms with E-state index < -0.39 is 0 Å². The Morgan fingerprint density at radius 1 is 1.26 bits per heavy atom. The number of benzene rings is 1. The second kappa shape index (κ2) is 6.84. The molecular formula is C13H13N3O2S. The van der Waals surface area contributed by atoms with Crippen LogP contribution in [0, 0.1) is 0 Å². The number of hydrogen-bond donors (Lipinski definition) is 0. The Bertz CT molecular complexity index is 531. The van der Waals surface area contributed by atoms with Gasteiger partial charge in [-0.25, -0.2) is 4.98 Å². The van der Waals surface area contributed by atoms with E-state index in [4.69, 9.17) is 4.74 Å². The Hall–Kier alpha value is -1.95. The van der Waals surface area contributed by atoms with Crippen LogP contribution < -0.4 is 0 Å². The number of thioether (sulfide) groups is 1. The Morgan fingerprint density at radius 2 is 2.05 bits per heavy atom. The fraction of sp³-hybridized carbons (Fsp3) is 0.231. The van der Waals surface area contributed by atoms with Crippen molar-refractivity contribution >= 4 is 17.7 Å². The predicted molar refractivity (Wildman–Crippen MR) is 72.6 cm³/mol. The van der Waals surface area contributed by atoms with Crippen molar-refractivity contribution in [1.82, 2.24) is 15.2 Å². The van der Waals surface area contributed by atoms with Gasteiger partial charge in [-0.1, -0.05) is 42.1 Å². The second-order valence-electron chi connectivity index (χ2n) is 3.59. The van der Waals surface area contributed by atoms with Gasteiger partial charge in [0.05, 0.1) is 18.6 Å². The highest BCUT2D eigenvalue weighted by molar-refractivity contribution is 7.99. The maximum atomic E-state index is 11.2. The fourth-order valence-corrected chi connectivity index (χ4v) is 1.95. The first-order valence-electron chi connectivity index (χ1n) is 5.83. The van der Waals surface area contributed by atoms with Crippen molar-refractivity contribution in [3.05, 3.63) is 36.5 Å². The van der Waals surface area contributed by atoms with Crippen LogP contribution in [-0.4, -0.2) is 33.5 Å². The fourth-order valence-electron chi connectivity index (χ4n) is 1.40. The third-order valence-corrected chi connectivity index (χ3v) is 3.06. The van der Waals surface area contributed by atoms with Crippen LogP contribution in [0.3, 0.4) is 0 Å². The number of nitrogens with zero attached hydrogens (tertiary/aromatic N) is 3. The molecule has 0 bridgehead atoms. The molecule has 98 valence electrons. The van der Waals surface area contributed by atoms with E-state index in [1.807, 2.05) is 30.3 Å². The van der Waals surface area contributed by atoms with Crippen molar-refractivity contribution in [3.63, 3.8) is 0 Å². The molecule has 1 aromatic carbocycles. The molecule has 1 aromatic heterocycles. The van der Waals surface area contributed by atoms with E-state index in [1.165, 1.54) is 11.8 Å². The Labute approximate surface area is 115 Å². The molecule has 0 aliphatic heterocycles. The third-order valence-electron chi connectivity index (χ3n) is 2.23. The van der Waals surface area contributed by atoms with E-state index in [1.54, 1.807) is 13.1 Å². The molecule has 0 unspecified atom stereocenters. The Kier molecular flexibility index (Phi) is 4.85. The van der Waals surface area contributed by atoms with Crippen molar-refractivity contribution in [2.75, 3.05) is 12.4 Å². The summed E-state index contributed by atoms with van der Waals surface area (Å²) in [6, 6.07) is 9.68. The molecule has 5 nitrogen and oxygen atoms in total. The van der Waals surface area contributed by atoms with Gasteiger partial charge < -0.3 is 4.74 Å². The van der Waals surface area contributed by atoms with E-state index in [-0.39, 0.29) is 11.7 Å². The van der Waals surface area contributed by atoms with Gasteiger partial charge in [-0.05, 0) is 6.92 Å². The predicted octanol–water partition coefficient (Wildman–Crippen LogP) is 2.19. The molecule has 0 saturated heterocycles. The van der Waals surface area contributed by atoms with Gasteiger partial charge in [0.1, 0.15) is 5.69 Å². The van der Waals surface area contributed by atoms with Crippen molar-refractivity contribution in [1.29, 1.82) is 0 Å². The summed E-state index contributed by atoms with van der Waals surface area (Å²) >= 11 is 1.21. The minimum absolute atomic E-state index is 0.195.